The Kier molecular flexibility index (Phi) is 9.22. The number of hydrogen-bond acceptors (Lipinski definition) is 4. The smallest absolute Gasteiger partial charge is 0.358 e. The van der Waals surface area contributed by atoms with E-state index >= 15 is 0 Å². The second kappa shape index (κ2) is 13.1. The van der Waals surface area contributed by atoms with Crippen LogP contribution in [-0.4, -0.2) is 54.2 Å². The third kappa shape index (κ3) is 7.03. The SMILES string of the molecule is CC=CC(F)(F)c1ccc(CN2CCc3[nH]c4ccc(C(=O)NC5CCN(S(=O)(=O)c6cccc(C(F)(F)F)c6)CC5)cc4c3C2)cc1. The Labute approximate surface area is 275 Å². The molecule has 0 unspecified atom stereocenters. The van der Waals surface area contributed by atoms with Gasteiger partial charge in [0.05, 0.1) is 10.5 Å². The van der Waals surface area contributed by atoms with E-state index < -0.39 is 32.6 Å². The number of fused-ring (bicyclic) bond motifs is 3. The minimum Gasteiger partial charge on any atom is -0.358 e. The molecule has 0 atom stereocenters. The monoisotopic (exact) mass is 686 g/mol. The number of nitrogens with zero attached hydrogens (tertiary/aromatic N) is 2. The molecular weight excluding hydrogens is 651 g/mol. The van der Waals surface area contributed by atoms with Gasteiger partial charge in [-0.15, -0.1) is 0 Å². The Hall–Kier alpha value is -4.07. The molecule has 1 saturated heterocycles. The molecule has 1 aromatic heterocycles. The fourth-order valence-corrected chi connectivity index (χ4v) is 7.95. The predicted molar refractivity (Wildman–Crippen MR) is 172 cm³/mol. The predicted octanol–water partition coefficient (Wildman–Crippen LogP) is 7.00. The normalized spacial score (nSPS) is 17.2. The molecule has 1 fully saturated rings. The van der Waals surface area contributed by atoms with Gasteiger partial charge in [0.2, 0.25) is 10.0 Å². The molecule has 2 aliphatic heterocycles. The number of allylic oxidation sites excluding steroid dienone is 2. The molecule has 6 rings (SSSR count). The molecule has 1 amide bonds. The van der Waals surface area contributed by atoms with Gasteiger partial charge in [-0.1, -0.05) is 36.4 Å². The number of amides is 1. The van der Waals surface area contributed by atoms with Gasteiger partial charge in [0.1, 0.15) is 0 Å². The molecule has 2 N–H and O–H groups in total. The summed E-state index contributed by atoms with van der Waals surface area (Å²) in [7, 11) is -4.13. The molecule has 3 heterocycles. The van der Waals surface area contributed by atoms with Gasteiger partial charge in [-0.25, -0.2) is 8.42 Å². The Morgan fingerprint density at radius 2 is 1.69 bits per heavy atom. The average molecular weight is 687 g/mol. The van der Waals surface area contributed by atoms with E-state index in [1.165, 1.54) is 18.2 Å². The second-order valence-corrected chi connectivity index (χ2v) is 14.2. The number of carbonyl (C=O) groups excluding carboxylic acids is 1. The highest BCUT2D eigenvalue weighted by atomic mass is 32.2. The number of hydrogen-bond donors (Lipinski definition) is 2. The van der Waals surface area contributed by atoms with Crippen LogP contribution in [0.5, 0.6) is 0 Å². The molecule has 0 spiro atoms. The maximum Gasteiger partial charge on any atom is 0.416 e. The van der Waals surface area contributed by atoms with Crippen LogP contribution in [0.1, 0.15) is 58.1 Å². The number of benzene rings is 3. The lowest BCUT2D eigenvalue weighted by atomic mass is 10.0. The van der Waals surface area contributed by atoms with Crippen LogP contribution in [0.2, 0.25) is 0 Å². The molecule has 7 nitrogen and oxygen atoms in total. The van der Waals surface area contributed by atoms with Crippen LogP contribution >= 0.6 is 0 Å². The van der Waals surface area contributed by atoms with Gasteiger partial charge in [0.15, 0.2) is 0 Å². The fraction of sp³-hybridized carbons (Fsp3) is 0.343. The van der Waals surface area contributed by atoms with Gasteiger partial charge in [-0.2, -0.15) is 26.3 Å². The van der Waals surface area contributed by atoms with E-state index in [9.17, 15) is 35.2 Å². The highest BCUT2D eigenvalue weighted by molar-refractivity contribution is 7.89. The highest BCUT2D eigenvalue weighted by Crippen LogP contribution is 2.33. The zero-order chi connectivity index (χ0) is 34.3. The Balaban J connectivity index is 1.09. The first-order valence-corrected chi connectivity index (χ1v) is 17.1. The molecule has 0 radical (unpaired) electrons. The van der Waals surface area contributed by atoms with Crippen molar-refractivity contribution >= 4 is 26.8 Å². The molecular formula is C35H35F5N4O3S. The van der Waals surface area contributed by atoms with E-state index in [4.69, 9.17) is 0 Å². The van der Waals surface area contributed by atoms with Crippen molar-refractivity contribution in [3.8, 4) is 0 Å². The number of H-pyrrole nitrogens is 1. The first-order chi connectivity index (χ1) is 22.7. The van der Waals surface area contributed by atoms with E-state index in [2.05, 4.69) is 15.2 Å². The fourth-order valence-electron chi connectivity index (χ4n) is 6.43. The molecule has 4 aromatic rings. The van der Waals surface area contributed by atoms with Crippen LogP contribution < -0.4 is 5.32 Å². The van der Waals surface area contributed by atoms with Crippen molar-refractivity contribution in [2.24, 2.45) is 0 Å². The number of rotatable bonds is 8. The summed E-state index contributed by atoms with van der Waals surface area (Å²) >= 11 is 0. The summed E-state index contributed by atoms with van der Waals surface area (Å²) < 4.78 is 95.2. The maximum absolute atomic E-state index is 14.2. The van der Waals surface area contributed by atoms with Gasteiger partial charge in [0.25, 0.3) is 11.8 Å². The van der Waals surface area contributed by atoms with E-state index in [-0.39, 0.29) is 30.6 Å². The van der Waals surface area contributed by atoms with Crippen molar-refractivity contribution in [1.29, 1.82) is 0 Å². The third-order valence-corrected chi connectivity index (χ3v) is 10.9. The third-order valence-electron chi connectivity index (χ3n) is 9.03. The first-order valence-electron chi connectivity index (χ1n) is 15.7. The van der Waals surface area contributed by atoms with Gasteiger partial charge < -0.3 is 10.3 Å². The summed E-state index contributed by atoms with van der Waals surface area (Å²) in [5.41, 5.74) is 3.37. The molecule has 0 aliphatic carbocycles. The quantitative estimate of drug-likeness (QED) is 0.155. The van der Waals surface area contributed by atoms with E-state index in [0.717, 1.165) is 69.3 Å². The molecule has 13 heteroatoms. The summed E-state index contributed by atoms with van der Waals surface area (Å²) in [4.78, 5) is 18.6. The number of carbonyl (C=O) groups is 1. The number of aromatic amines is 1. The zero-order valence-electron chi connectivity index (χ0n) is 26.2. The van der Waals surface area contributed by atoms with Gasteiger partial charge in [-0.3, -0.25) is 9.69 Å². The highest BCUT2D eigenvalue weighted by Gasteiger charge is 2.35. The largest absolute Gasteiger partial charge is 0.416 e. The van der Waals surface area contributed by atoms with Crippen LogP contribution in [0, 0.1) is 0 Å². The van der Waals surface area contributed by atoms with Gasteiger partial charge >= 0.3 is 6.18 Å². The minimum atomic E-state index is -4.66. The van der Waals surface area contributed by atoms with Crippen LogP contribution in [0.15, 0.2) is 83.8 Å². The van der Waals surface area contributed by atoms with Crippen molar-refractivity contribution in [2.75, 3.05) is 19.6 Å². The Morgan fingerprint density at radius 1 is 0.958 bits per heavy atom. The van der Waals surface area contributed by atoms with Crippen molar-refractivity contribution in [3.63, 3.8) is 0 Å². The standard InChI is InChI=1S/C35H35F5N4O3S/c1-2-15-34(36,37)25-9-6-23(7-10-25)21-43-16-14-32-30(22-43)29-19-24(8-11-31(29)42-32)33(45)41-27-12-17-44(18-13-27)48(46,47)28-5-3-4-26(20-28)35(38,39)40/h2-11,15,19-20,27,42H,12-14,16-18,21-22H2,1H3,(H,41,45). The topological polar surface area (TPSA) is 85.5 Å². The number of alkyl halides is 5. The van der Waals surface area contributed by atoms with Crippen molar-refractivity contribution in [2.45, 2.75) is 62.3 Å². The molecule has 2 aliphatic rings. The minimum absolute atomic E-state index is 0.0570. The molecule has 0 saturated carbocycles. The summed E-state index contributed by atoms with van der Waals surface area (Å²) in [6, 6.07) is 15.2. The summed E-state index contributed by atoms with van der Waals surface area (Å²) in [5, 5.41) is 3.91. The number of aromatic nitrogens is 1. The van der Waals surface area contributed by atoms with Crippen LogP contribution in [0.4, 0.5) is 22.0 Å². The van der Waals surface area contributed by atoms with Crippen LogP contribution in [0.3, 0.4) is 0 Å². The van der Waals surface area contributed by atoms with Gasteiger partial charge in [-0.05, 0) is 73.4 Å². The Bertz CT molecular complexity index is 1950. The van der Waals surface area contributed by atoms with E-state index in [1.807, 2.05) is 12.1 Å². The second-order valence-electron chi connectivity index (χ2n) is 12.3. The van der Waals surface area contributed by atoms with Crippen LogP contribution in [-0.2, 0) is 41.6 Å². The molecule has 48 heavy (non-hydrogen) atoms. The number of piperidine rings is 1. The van der Waals surface area contributed by atoms with Crippen molar-refractivity contribution in [1.82, 2.24) is 19.5 Å². The summed E-state index contributed by atoms with van der Waals surface area (Å²) in [6.45, 7) is 3.67. The van der Waals surface area contributed by atoms with Crippen molar-refractivity contribution in [3.05, 3.63) is 112 Å². The maximum atomic E-state index is 14.2. The van der Waals surface area contributed by atoms with Crippen molar-refractivity contribution < 1.29 is 35.2 Å². The molecule has 254 valence electrons. The van der Waals surface area contributed by atoms with E-state index in [0.29, 0.717) is 37.6 Å². The lowest BCUT2D eigenvalue weighted by Gasteiger charge is -2.31. The lowest BCUT2D eigenvalue weighted by Crippen LogP contribution is -2.46. The molecule has 0 bridgehead atoms. The summed E-state index contributed by atoms with van der Waals surface area (Å²) in [5.74, 6) is -3.32. The summed E-state index contributed by atoms with van der Waals surface area (Å²) in [6.07, 6.45) is -1.05. The average Bonchev–Trinajstić information content (AvgIpc) is 3.42. The number of halogens is 5. The Morgan fingerprint density at radius 3 is 2.38 bits per heavy atom. The van der Waals surface area contributed by atoms with Crippen LogP contribution in [0.25, 0.3) is 10.9 Å². The lowest BCUT2D eigenvalue weighted by molar-refractivity contribution is -0.137. The first kappa shape index (κ1) is 33.8. The molecule has 3 aromatic carbocycles. The van der Waals surface area contributed by atoms with E-state index in [1.54, 1.807) is 25.1 Å². The van der Waals surface area contributed by atoms with Gasteiger partial charge in [0, 0.05) is 72.9 Å². The number of sulfonamides is 1. The number of nitrogens with one attached hydrogen (secondary N) is 2. The zero-order valence-corrected chi connectivity index (χ0v) is 27.0.